The van der Waals surface area contributed by atoms with Crippen molar-refractivity contribution >= 4 is 30.0 Å². The number of nitrogens with one attached hydrogen (secondary N) is 2. The number of hydrogen-bond acceptors (Lipinski definition) is 3. The zero-order chi connectivity index (χ0) is 18.6. The molecule has 1 saturated heterocycles. The van der Waals surface area contributed by atoms with E-state index in [1.54, 1.807) is 0 Å². The highest BCUT2D eigenvalue weighted by atomic mass is 35.5. The minimum atomic E-state index is -0.404. The van der Waals surface area contributed by atoms with E-state index in [0.29, 0.717) is 13.1 Å². The number of carbonyl (C=O) groups is 2. The van der Waals surface area contributed by atoms with Crippen molar-refractivity contribution in [3.63, 3.8) is 0 Å². The molecule has 3 rings (SSSR count). The van der Waals surface area contributed by atoms with Gasteiger partial charge in [-0.3, -0.25) is 4.79 Å². The Kier molecular flexibility index (Phi) is 7.50. The van der Waals surface area contributed by atoms with Gasteiger partial charge in [0.15, 0.2) is 0 Å². The highest BCUT2D eigenvalue weighted by Gasteiger charge is 2.38. The van der Waals surface area contributed by atoms with Gasteiger partial charge < -0.3 is 21.3 Å². The third kappa shape index (κ3) is 5.59. The second-order valence-electron chi connectivity index (χ2n) is 7.87. The number of rotatable bonds is 3. The van der Waals surface area contributed by atoms with E-state index < -0.39 is 5.54 Å². The smallest absolute Gasteiger partial charge is 0.321 e. The molecule has 4 N–H and O–H groups in total. The van der Waals surface area contributed by atoms with E-state index in [1.165, 1.54) is 0 Å². The first-order chi connectivity index (χ1) is 12.5. The number of nitrogens with zero attached hydrogens (tertiary/aromatic N) is 1. The molecular formula is C20H31ClN4O2. The predicted octanol–water partition coefficient (Wildman–Crippen LogP) is 3.13. The number of urea groups is 1. The van der Waals surface area contributed by atoms with Crippen molar-refractivity contribution in [2.45, 2.75) is 57.0 Å². The number of likely N-dealkylation sites (tertiary alicyclic amines) is 1. The molecule has 1 heterocycles. The number of anilines is 1. The van der Waals surface area contributed by atoms with Gasteiger partial charge in [0.05, 0.1) is 5.92 Å². The van der Waals surface area contributed by atoms with Crippen LogP contribution in [-0.4, -0.2) is 41.5 Å². The zero-order valence-corrected chi connectivity index (χ0v) is 16.8. The van der Waals surface area contributed by atoms with E-state index in [1.807, 2.05) is 42.2 Å². The fourth-order valence-electron chi connectivity index (χ4n) is 4.04. The van der Waals surface area contributed by atoms with Gasteiger partial charge in [0.2, 0.25) is 5.91 Å². The molecule has 0 aromatic heterocycles. The van der Waals surface area contributed by atoms with E-state index in [2.05, 4.69) is 10.6 Å². The summed E-state index contributed by atoms with van der Waals surface area (Å²) in [7, 11) is 0. The Bertz CT molecular complexity index is 630. The normalized spacial score (nSPS) is 26.0. The number of carbonyl (C=O) groups excluding carboxylic acids is 2. The molecule has 2 atom stereocenters. The largest absolute Gasteiger partial charge is 0.353 e. The molecule has 2 fully saturated rings. The van der Waals surface area contributed by atoms with Crippen molar-refractivity contribution in [3.8, 4) is 0 Å². The van der Waals surface area contributed by atoms with Crippen LogP contribution in [0.4, 0.5) is 10.5 Å². The summed E-state index contributed by atoms with van der Waals surface area (Å²) in [5.41, 5.74) is 6.74. The molecule has 0 bridgehead atoms. The van der Waals surface area contributed by atoms with Crippen LogP contribution in [0.25, 0.3) is 0 Å². The number of halogens is 1. The summed E-state index contributed by atoms with van der Waals surface area (Å²) in [6, 6.07) is 9.51. The van der Waals surface area contributed by atoms with Crippen LogP contribution in [0.2, 0.25) is 0 Å². The summed E-state index contributed by atoms with van der Waals surface area (Å²) in [6.45, 7) is 3.29. The van der Waals surface area contributed by atoms with E-state index in [4.69, 9.17) is 5.73 Å². The van der Waals surface area contributed by atoms with Crippen LogP contribution in [-0.2, 0) is 4.79 Å². The molecule has 1 aromatic carbocycles. The van der Waals surface area contributed by atoms with Crippen molar-refractivity contribution in [1.29, 1.82) is 0 Å². The second kappa shape index (κ2) is 9.42. The van der Waals surface area contributed by atoms with Gasteiger partial charge in [0, 0.05) is 30.4 Å². The molecule has 3 amide bonds. The molecule has 27 heavy (non-hydrogen) atoms. The molecule has 1 aliphatic carbocycles. The highest BCUT2D eigenvalue weighted by molar-refractivity contribution is 5.89. The Balaban J connectivity index is 0.00000261. The van der Waals surface area contributed by atoms with Crippen LogP contribution in [0.5, 0.6) is 0 Å². The topological polar surface area (TPSA) is 87.5 Å². The van der Waals surface area contributed by atoms with Gasteiger partial charge in [-0.15, -0.1) is 12.4 Å². The van der Waals surface area contributed by atoms with Gasteiger partial charge >= 0.3 is 6.03 Å². The third-order valence-corrected chi connectivity index (χ3v) is 5.72. The quantitative estimate of drug-likeness (QED) is 0.735. The average Bonchev–Trinajstić information content (AvgIpc) is 2.62. The summed E-state index contributed by atoms with van der Waals surface area (Å²) in [4.78, 5) is 26.8. The van der Waals surface area contributed by atoms with E-state index in [0.717, 1.165) is 44.2 Å². The Morgan fingerprint density at radius 2 is 1.78 bits per heavy atom. The summed E-state index contributed by atoms with van der Waals surface area (Å²) in [6.07, 6.45) is 5.51. The van der Waals surface area contributed by atoms with Gasteiger partial charge in [0.1, 0.15) is 0 Å². The first-order valence-corrected chi connectivity index (χ1v) is 9.66. The Morgan fingerprint density at radius 1 is 1.11 bits per heavy atom. The number of amides is 3. The lowest BCUT2D eigenvalue weighted by atomic mass is 9.74. The minimum Gasteiger partial charge on any atom is -0.353 e. The van der Waals surface area contributed by atoms with Crippen LogP contribution in [0.1, 0.15) is 45.4 Å². The van der Waals surface area contributed by atoms with Crippen molar-refractivity contribution in [1.82, 2.24) is 10.2 Å². The number of hydrogen-bond donors (Lipinski definition) is 3. The third-order valence-electron chi connectivity index (χ3n) is 5.72. The number of para-hydroxylation sites is 1. The molecule has 0 radical (unpaired) electrons. The van der Waals surface area contributed by atoms with Crippen LogP contribution in [0, 0.1) is 5.92 Å². The molecule has 1 saturated carbocycles. The van der Waals surface area contributed by atoms with Crippen molar-refractivity contribution in [3.05, 3.63) is 30.3 Å². The first kappa shape index (κ1) is 21.5. The number of benzene rings is 1. The first-order valence-electron chi connectivity index (χ1n) is 9.66. The van der Waals surface area contributed by atoms with E-state index >= 15 is 0 Å². The fourth-order valence-corrected chi connectivity index (χ4v) is 4.04. The highest BCUT2D eigenvalue weighted by Crippen LogP contribution is 2.32. The van der Waals surface area contributed by atoms with Gasteiger partial charge in [-0.2, -0.15) is 0 Å². The van der Waals surface area contributed by atoms with Gasteiger partial charge in [-0.05, 0) is 44.7 Å². The summed E-state index contributed by atoms with van der Waals surface area (Å²) in [5.74, 6) is -0.0162. The molecule has 1 aliphatic heterocycles. The predicted molar refractivity (Wildman–Crippen MR) is 110 cm³/mol. The van der Waals surface area contributed by atoms with Gasteiger partial charge in [-0.25, -0.2) is 4.79 Å². The van der Waals surface area contributed by atoms with Crippen molar-refractivity contribution in [2.75, 3.05) is 18.4 Å². The molecule has 1 aromatic rings. The monoisotopic (exact) mass is 394 g/mol. The lowest BCUT2D eigenvalue weighted by Crippen LogP contribution is -2.55. The lowest BCUT2D eigenvalue weighted by molar-refractivity contribution is -0.129. The zero-order valence-electron chi connectivity index (χ0n) is 15.9. The SMILES string of the molecule is CC1(N)CCCCC1C(=O)NC1CCN(C(=O)Nc2ccccc2)CC1.Cl. The average molecular weight is 395 g/mol. The molecule has 0 spiro atoms. The molecule has 7 heteroatoms. The summed E-state index contributed by atoms with van der Waals surface area (Å²) in [5, 5.41) is 6.09. The van der Waals surface area contributed by atoms with Crippen LogP contribution in [0.3, 0.4) is 0 Å². The van der Waals surface area contributed by atoms with Crippen LogP contribution in [0.15, 0.2) is 30.3 Å². The number of nitrogens with two attached hydrogens (primary N) is 1. The Morgan fingerprint density at radius 3 is 2.41 bits per heavy atom. The maximum atomic E-state index is 12.7. The molecule has 2 unspecified atom stereocenters. The minimum absolute atomic E-state index is 0. The van der Waals surface area contributed by atoms with Gasteiger partial charge in [0.25, 0.3) is 0 Å². The summed E-state index contributed by atoms with van der Waals surface area (Å²) >= 11 is 0. The van der Waals surface area contributed by atoms with E-state index in [9.17, 15) is 9.59 Å². The van der Waals surface area contributed by atoms with Gasteiger partial charge in [-0.1, -0.05) is 31.0 Å². The molecule has 2 aliphatic rings. The van der Waals surface area contributed by atoms with Crippen molar-refractivity contribution in [2.24, 2.45) is 11.7 Å². The summed E-state index contributed by atoms with van der Waals surface area (Å²) < 4.78 is 0. The lowest BCUT2D eigenvalue weighted by Gasteiger charge is -2.39. The number of piperidine rings is 1. The van der Waals surface area contributed by atoms with Crippen molar-refractivity contribution < 1.29 is 9.59 Å². The molecule has 6 nitrogen and oxygen atoms in total. The fraction of sp³-hybridized carbons (Fsp3) is 0.600. The van der Waals surface area contributed by atoms with E-state index in [-0.39, 0.29) is 36.3 Å². The maximum Gasteiger partial charge on any atom is 0.321 e. The standard InChI is InChI=1S/C20H30N4O2.ClH/c1-20(21)12-6-5-9-17(20)18(25)22-16-10-13-24(14-11-16)19(26)23-15-7-3-2-4-8-15;/h2-4,7-8,16-17H,5-6,9-14,21H2,1H3,(H,22,25)(H,23,26);1H. The Labute approximate surface area is 167 Å². The molecular weight excluding hydrogens is 364 g/mol. The molecule has 150 valence electrons. The van der Waals surface area contributed by atoms with Crippen LogP contribution >= 0.6 is 12.4 Å². The van der Waals surface area contributed by atoms with Crippen LogP contribution < -0.4 is 16.4 Å². The maximum absolute atomic E-state index is 12.7. The second-order valence-corrected chi connectivity index (χ2v) is 7.87. The Hall–Kier alpha value is -1.79.